The van der Waals surface area contributed by atoms with Crippen LogP contribution in [-0.2, 0) is 16.1 Å². The average molecular weight is 312 g/mol. The van der Waals surface area contributed by atoms with Crippen molar-refractivity contribution in [3.8, 4) is 5.75 Å². The first kappa shape index (κ1) is 16.7. The Bertz CT molecular complexity index is 649. The molecule has 0 aromatic heterocycles. The number of ether oxygens (including phenoxy) is 2. The summed E-state index contributed by atoms with van der Waals surface area (Å²) < 4.78 is 10.6. The number of benzene rings is 2. The molecule has 4 nitrogen and oxygen atoms in total. The van der Waals surface area contributed by atoms with E-state index < -0.39 is 5.97 Å². The summed E-state index contributed by atoms with van der Waals surface area (Å²) in [5, 5.41) is 0. The number of carbonyl (C=O) groups is 2. The second kappa shape index (κ2) is 8.73. The fraction of sp³-hybridized carbons (Fsp3) is 0.263. The van der Waals surface area contributed by atoms with Crippen molar-refractivity contribution in [2.24, 2.45) is 0 Å². The first-order valence-corrected chi connectivity index (χ1v) is 7.64. The number of ketones is 1. The van der Waals surface area contributed by atoms with Gasteiger partial charge in [0.2, 0.25) is 0 Å². The second-order valence-corrected chi connectivity index (χ2v) is 5.12. The van der Waals surface area contributed by atoms with Crippen molar-refractivity contribution < 1.29 is 19.1 Å². The maximum atomic E-state index is 12.1. The van der Waals surface area contributed by atoms with Gasteiger partial charge < -0.3 is 9.47 Å². The Morgan fingerprint density at radius 3 is 2.52 bits per heavy atom. The number of esters is 1. The maximum Gasteiger partial charge on any atom is 0.314 e. The highest BCUT2D eigenvalue weighted by molar-refractivity contribution is 6.06. The lowest BCUT2D eigenvalue weighted by Crippen LogP contribution is -2.11. The maximum absolute atomic E-state index is 12.1. The molecule has 2 rings (SSSR count). The van der Waals surface area contributed by atoms with Gasteiger partial charge in [-0.05, 0) is 24.1 Å². The molecule has 0 N–H and O–H groups in total. The van der Waals surface area contributed by atoms with Gasteiger partial charge >= 0.3 is 5.97 Å². The molecular weight excluding hydrogens is 292 g/mol. The zero-order valence-electron chi connectivity index (χ0n) is 13.2. The van der Waals surface area contributed by atoms with Crippen LogP contribution in [0.4, 0.5) is 0 Å². The van der Waals surface area contributed by atoms with Crippen LogP contribution < -0.4 is 4.74 Å². The SMILES string of the molecule is CCCOc1cccc(C(=O)CC(=O)OCc2ccccc2)c1. The number of Topliss-reactive ketones (excluding diaryl/α,β-unsaturated/α-hetero) is 1. The Balaban J connectivity index is 1.87. The average Bonchev–Trinajstić information content (AvgIpc) is 2.59. The molecule has 0 bridgehead atoms. The molecule has 0 spiro atoms. The standard InChI is InChI=1S/C19H20O4/c1-2-11-22-17-10-6-9-16(12-17)18(20)13-19(21)23-14-15-7-4-3-5-8-15/h3-10,12H,2,11,13-14H2,1H3. The summed E-state index contributed by atoms with van der Waals surface area (Å²) in [4.78, 5) is 23.9. The van der Waals surface area contributed by atoms with E-state index in [9.17, 15) is 9.59 Å². The molecule has 4 heteroatoms. The van der Waals surface area contributed by atoms with E-state index in [1.54, 1.807) is 24.3 Å². The van der Waals surface area contributed by atoms with Crippen molar-refractivity contribution >= 4 is 11.8 Å². The lowest BCUT2D eigenvalue weighted by atomic mass is 10.1. The van der Waals surface area contributed by atoms with E-state index in [0.29, 0.717) is 17.9 Å². The third kappa shape index (κ3) is 5.58. The Hall–Kier alpha value is -2.62. The third-order valence-corrected chi connectivity index (χ3v) is 3.18. The quantitative estimate of drug-likeness (QED) is 0.423. The molecule has 120 valence electrons. The van der Waals surface area contributed by atoms with Crippen molar-refractivity contribution in [1.29, 1.82) is 0 Å². The van der Waals surface area contributed by atoms with Gasteiger partial charge in [-0.15, -0.1) is 0 Å². The number of carbonyl (C=O) groups excluding carboxylic acids is 2. The van der Waals surface area contributed by atoms with Crippen molar-refractivity contribution in [1.82, 2.24) is 0 Å². The topological polar surface area (TPSA) is 52.6 Å². The molecule has 2 aromatic carbocycles. The fourth-order valence-electron chi connectivity index (χ4n) is 2.00. The van der Waals surface area contributed by atoms with Crippen molar-refractivity contribution in [3.63, 3.8) is 0 Å². The molecule has 0 unspecified atom stereocenters. The van der Waals surface area contributed by atoms with Gasteiger partial charge in [-0.2, -0.15) is 0 Å². The molecule has 0 fully saturated rings. The van der Waals surface area contributed by atoms with Crippen molar-refractivity contribution in [3.05, 3.63) is 65.7 Å². The predicted molar refractivity (Wildman–Crippen MR) is 87.4 cm³/mol. The van der Waals surface area contributed by atoms with E-state index in [4.69, 9.17) is 9.47 Å². The van der Waals surface area contributed by atoms with Gasteiger partial charge in [0.15, 0.2) is 5.78 Å². The molecule has 0 radical (unpaired) electrons. The first-order valence-electron chi connectivity index (χ1n) is 7.64. The van der Waals surface area contributed by atoms with Gasteiger partial charge in [-0.25, -0.2) is 0 Å². The van der Waals surface area contributed by atoms with Crippen molar-refractivity contribution in [2.45, 2.75) is 26.4 Å². The van der Waals surface area contributed by atoms with Gasteiger partial charge in [-0.3, -0.25) is 9.59 Å². The fourth-order valence-corrected chi connectivity index (χ4v) is 2.00. The summed E-state index contributed by atoms with van der Waals surface area (Å²) in [6, 6.07) is 16.2. The second-order valence-electron chi connectivity index (χ2n) is 5.12. The molecule has 0 aliphatic carbocycles. The summed E-state index contributed by atoms with van der Waals surface area (Å²) in [7, 11) is 0. The minimum absolute atomic E-state index is 0.173. The molecule has 0 atom stereocenters. The Morgan fingerprint density at radius 2 is 1.78 bits per heavy atom. The molecule has 0 heterocycles. The van der Waals surface area contributed by atoms with Crippen LogP contribution >= 0.6 is 0 Å². The first-order chi connectivity index (χ1) is 11.2. The normalized spacial score (nSPS) is 10.1. The summed E-state index contributed by atoms with van der Waals surface area (Å²) in [5.74, 6) is -0.168. The van der Waals surface area contributed by atoms with E-state index in [1.165, 1.54) is 0 Å². The highest BCUT2D eigenvalue weighted by Gasteiger charge is 2.13. The van der Waals surface area contributed by atoms with Gasteiger partial charge in [0.05, 0.1) is 6.61 Å². The molecular formula is C19H20O4. The molecule has 0 saturated heterocycles. The molecule has 0 aliphatic rings. The van der Waals surface area contributed by atoms with Crippen molar-refractivity contribution in [2.75, 3.05) is 6.61 Å². The van der Waals surface area contributed by atoms with Crippen LogP contribution in [0.5, 0.6) is 5.75 Å². The number of hydrogen-bond donors (Lipinski definition) is 0. The van der Waals surface area contributed by atoms with Gasteiger partial charge in [0.25, 0.3) is 0 Å². The third-order valence-electron chi connectivity index (χ3n) is 3.18. The Morgan fingerprint density at radius 1 is 1.00 bits per heavy atom. The Labute approximate surface area is 136 Å². The van der Waals surface area contributed by atoms with E-state index in [0.717, 1.165) is 12.0 Å². The van der Waals surface area contributed by atoms with E-state index in [-0.39, 0.29) is 18.8 Å². The minimum atomic E-state index is -0.529. The van der Waals surface area contributed by atoms with Gasteiger partial charge in [0.1, 0.15) is 18.8 Å². The highest BCUT2D eigenvalue weighted by atomic mass is 16.5. The molecule has 0 saturated carbocycles. The smallest absolute Gasteiger partial charge is 0.314 e. The zero-order valence-corrected chi connectivity index (χ0v) is 13.2. The van der Waals surface area contributed by atoms with Crippen LogP contribution in [0.15, 0.2) is 54.6 Å². The minimum Gasteiger partial charge on any atom is -0.494 e. The van der Waals surface area contributed by atoms with E-state index in [1.807, 2.05) is 37.3 Å². The largest absolute Gasteiger partial charge is 0.494 e. The van der Waals surface area contributed by atoms with Crippen LogP contribution in [0.2, 0.25) is 0 Å². The van der Waals surface area contributed by atoms with Gasteiger partial charge in [0, 0.05) is 5.56 Å². The van der Waals surface area contributed by atoms with E-state index in [2.05, 4.69) is 0 Å². The van der Waals surface area contributed by atoms with Crippen LogP contribution in [0.3, 0.4) is 0 Å². The monoisotopic (exact) mass is 312 g/mol. The van der Waals surface area contributed by atoms with E-state index >= 15 is 0 Å². The van der Waals surface area contributed by atoms with Crippen LogP contribution in [0, 0.1) is 0 Å². The summed E-state index contributed by atoms with van der Waals surface area (Å²) in [6.45, 7) is 2.78. The number of rotatable bonds is 8. The van der Waals surface area contributed by atoms with Crippen LogP contribution in [-0.4, -0.2) is 18.4 Å². The van der Waals surface area contributed by atoms with Crippen LogP contribution in [0.1, 0.15) is 35.7 Å². The van der Waals surface area contributed by atoms with Crippen LogP contribution in [0.25, 0.3) is 0 Å². The summed E-state index contributed by atoms with van der Waals surface area (Å²) in [5.41, 5.74) is 1.35. The molecule has 0 amide bonds. The summed E-state index contributed by atoms with van der Waals surface area (Å²) >= 11 is 0. The Kier molecular flexibility index (Phi) is 6.36. The lowest BCUT2D eigenvalue weighted by Gasteiger charge is -2.07. The lowest BCUT2D eigenvalue weighted by molar-refractivity contribution is -0.143. The highest BCUT2D eigenvalue weighted by Crippen LogP contribution is 2.15. The molecule has 23 heavy (non-hydrogen) atoms. The number of hydrogen-bond acceptors (Lipinski definition) is 4. The van der Waals surface area contributed by atoms with Gasteiger partial charge in [-0.1, -0.05) is 49.4 Å². The predicted octanol–water partition coefficient (Wildman–Crippen LogP) is 3.79. The summed E-state index contributed by atoms with van der Waals surface area (Å²) in [6.07, 6.45) is 0.619. The molecule has 2 aromatic rings. The molecule has 0 aliphatic heterocycles. The zero-order chi connectivity index (χ0) is 16.5.